The maximum Gasteiger partial charge on any atom is 0.397 e. The van der Waals surface area contributed by atoms with Crippen molar-refractivity contribution in [2.75, 3.05) is 49.4 Å². The molecule has 0 heterocycles. The average molecular weight is 1030 g/mol. The molecule has 0 amide bonds. The van der Waals surface area contributed by atoms with Crippen LogP contribution in [0.25, 0.3) is 0 Å². The Hall–Kier alpha value is -5.47. The highest BCUT2D eigenvalue weighted by Crippen LogP contribution is 2.49. The first-order chi connectivity index (χ1) is 30.2. The topological polar surface area (TPSA) is 452 Å². The standard InChI is InChI=1S/C31H32N8O20S6/c32-26-28(37-34-18-1-6-21(7-2-18)61(43,44)15-13-57-64(50,51)52)25(31(41)42)29(38-36-23-10-5-20(60-59-56-12-11-40)17-24(23)63(47,48)49)27(33)30(26)39-35-19-3-8-22(9-4-19)62(45,46)16-14-58-65(53,54)55/h1-10,17,40H,11-16,32-33H2,(H,41,42)(H,47,48,49)(H,50,51,52)(H,53,54,55)/b37-34?,38-36?,39-35-. The van der Waals surface area contributed by atoms with Gasteiger partial charge in [0.2, 0.25) is 0 Å². The molecule has 0 spiro atoms. The fraction of sp³-hybridized carbons (Fsp3) is 0.194. The van der Waals surface area contributed by atoms with Gasteiger partial charge in [-0.1, -0.05) is 0 Å². The first kappa shape index (κ1) is 52.2. The molecule has 4 aromatic rings. The number of nitrogens with two attached hydrogens (primary N) is 2. The van der Waals surface area contributed by atoms with Crippen LogP contribution in [0.5, 0.6) is 0 Å². The van der Waals surface area contributed by atoms with Gasteiger partial charge in [0.15, 0.2) is 19.7 Å². The van der Waals surface area contributed by atoms with E-state index < -0.39 is 132 Å². The van der Waals surface area contributed by atoms with E-state index >= 15 is 0 Å². The lowest BCUT2D eigenvalue weighted by atomic mass is 10.1. The number of carboxylic acids is 1. The molecule has 0 bridgehead atoms. The van der Waals surface area contributed by atoms with Crippen molar-refractivity contribution < 1.29 is 88.3 Å². The van der Waals surface area contributed by atoms with Gasteiger partial charge in [-0.25, -0.2) is 34.9 Å². The predicted molar refractivity (Wildman–Crippen MR) is 223 cm³/mol. The van der Waals surface area contributed by atoms with E-state index in [1.165, 1.54) is 6.07 Å². The number of aliphatic hydroxyl groups is 1. The third kappa shape index (κ3) is 15.3. The van der Waals surface area contributed by atoms with Crippen molar-refractivity contribution in [2.24, 2.45) is 30.7 Å². The summed E-state index contributed by atoms with van der Waals surface area (Å²) in [6.07, 6.45) is 0. The van der Waals surface area contributed by atoms with Crippen LogP contribution in [0.2, 0.25) is 0 Å². The summed E-state index contributed by atoms with van der Waals surface area (Å²) in [5.41, 5.74) is 7.63. The smallest absolute Gasteiger partial charge is 0.397 e. The normalized spacial score (nSPS) is 13.0. The van der Waals surface area contributed by atoms with Gasteiger partial charge in [0.05, 0.1) is 75.9 Å². The minimum absolute atomic E-state index is 0.0340. The summed E-state index contributed by atoms with van der Waals surface area (Å²) in [7, 11) is -23.2. The number of hydrogen-bond donors (Lipinski definition) is 7. The number of aromatic carboxylic acids is 1. The number of nitrogens with zero attached hydrogens (tertiary/aromatic N) is 6. The second kappa shape index (κ2) is 21.7. The van der Waals surface area contributed by atoms with Gasteiger partial charge in [0, 0.05) is 4.90 Å². The summed E-state index contributed by atoms with van der Waals surface area (Å²) in [5, 5.41) is 42.6. The van der Waals surface area contributed by atoms with Gasteiger partial charge in [-0.05, 0) is 66.7 Å². The Morgan fingerprint density at radius 2 is 1.05 bits per heavy atom. The van der Waals surface area contributed by atoms with Gasteiger partial charge >= 0.3 is 26.8 Å². The molecule has 0 aliphatic carbocycles. The molecule has 4 aromatic carbocycles. The summed E-state index contributed by atoms with van der Waals surface area (Å²) >= 11 is 0.482. The predicted octanol–water partition coefficient (Wildman–Crippen LogP) is 4.18. The van der Waals surface area contributed by atoms with Gasteiger partial charge in [-0.15, -0.1) is 20.5 Å². The lowest BCUT2D eigenvalue weighted by Gasteiger charge is -2.13. The Morgan fingerprint density at radius 1 is 0.600 bits per heavy atom. The van der Waals surface area contributed by atoms with Crippen molar-refractivity contribution in [1.29, 1.82) is 0 Å². The Labute approximate surface area is 372 Å². The molecule has 352 valence electrons. The Bertz CT molecular complexity index is 3080. The summed E-state index contributed by atoms with van der Waals surface area (Å²) < 4.78 is 159. The van der Waals surface area contributed by atoms with Crippen LogP contribution in [0.15, 0.2) is 117 Å². The Kier molecular flexibility index (Phi) is 17.4. The third-order valence-corrected chi connectivity index (χ3v) is 13.4. The summed E-state index contributed by atoms with van der Waals surface area (Å²) in [5.74, 6) is -3.54. The van der Waals surface area contributed by atoms with E-state index in [2.05, 4.69) is 43.9 Å². The third-order valence-electron chi connectivity index (χ3n) is 7.62. The lowest BCUT2D eigenvalue weighted by molar-refractivity contribution is -0.196. The molecule has 0 saturated carbocycles. The Morgan fingerprint density at radius 3 is 1.46 bits per heavy atom. The van der Waals surface area contributed by atoms with E-state index in [0.717, 1.165) is 60.7 Å². The summed E-state index contributed by atoms with van der Waals surface area (Å²) in [6.45, 7) is -2.47. The molecular weight excluding hydrogens is 997 g/mol. The molecule has 0 aliphatic rings. The highest BCUT2D eigenvalue weighted by atomic mass is 32.3. The van der Waals surface area contributed by atoms with E-state index in [-0.39, 0.29) is 32.7 Å². The van der Waals surface area contributed by atoms with E-state index in [9.17, 15) is 56.5 Å². The second-order valence-corrected chi connectivity index (χ2v) is 20.6. The molecule has 0 radical (unpaired) electrons. The van der Waals surface area contributed by atoms with Crippen LogP contribution in [-0.4, -0.2) is 110 Å². The van der Waals surface area contributed by atoms with Crippen LogP contribution in [-0.2, 0) is 68.2 Å². The van der Waals surface area contributed by atoms with Gasteiger partial charge in [0.25, 0.3) is 10.1 Å². The van der Waals surface area contributed by atoms with Crippen LogP contribution < -0.4 is 11.5 Å². The lowest BCUT2D eigenvalue weighted by Crippen LogP contribution is -2.15. The number of carbonyl (C=O) groups is 1. The number of azo groups is 3. The first-order valence-electron chi connectivity index (χ1n) is 17.0. The van der Waals surface area contributed by atoms with Crippen molar-refractivity contribution in [1.82, 2.24) is 0 Å². The molecule has 28 nitrogen and oxygen atoms in total. The zero-order valence-corrected chi connectivity index (χ0v) is 37.1. The molecule has 65 heavy (non-hydrogen) atoms. The van der Waals surface area contributed by atoms with Crippen molar-refractivity contribution in [3.63, 3.8) is 0 Å². The van der Waals surface area contributed by atoms with Crippen LogP contribution in [0.3, 0.4) is 0 Å². The number of nitrogen functional groups attached to an aromatic ring is 2. The van der Waals surface area contributed by atoms with Gasteiger partial charge < -0.3 is 21.7 Å². The number of aliphatic hydroxyl groups excluding tert-OH is 1. The van der Waals surface area contributed by atoms with E-state index in [0.29, 0.717) is 12.0 Å². The van der Waals surface area contributed by atoms with E-state index in [4.69, 9.17) is 30.0 Å². The maximum atomic E-state index is 12.8. The molecule has 0 unspecified atom stereocenters. The zero-order valence-electron chi connectivity index (χ0n) is 32.2. The minimum Gasteiger partial charge on any atom is -0.478 e. The molecule has 0 atom stereocenters. The number of anilines is 2. The fourth-order valence-electron chi connectivity index (χ4n) is 4.73. The number of sulfone groups is 2. The second-order valence-electron chi connectivity index (χ2n) is 12.1. The monoisotopic (exact) mass is 1030 g/mol. The number of carboxylic acid groups (broad SMARTS) is 1. The van der Waals surface area contributed by atoms with Gasteiger partial charge in [0.1, 0.15) is 39.8 Å². The molecule has 9 N–H and O–H groups in total. The molecule has 4 rings (SSSR count). The summed E-state index contributed by atoms with van der Waals surface area (Å²) in [4.78, 5) is 16.0. The average Bonchev–Trinajstić information content (AvgIpc) is 3.20. The molecule has 0 fully saturated rings. The van der Waals surface area contributed by atoms with E-state index in [1.807, 2.05) is 0 Å². The van der Waals surface area contributed by atoms with Crippen molar-refractivity contribution in [3.05, 3.63) is 72.3 Å². The van der Waals surface area contributed by atoms with Crippen molar-refractivity contribution in [2.45, 2.75) is 19.6 Å². The first-order valence-corrected chi connectivity index (χ1v) is 25.3. The Balaban J connectivity index is 1.83. The van der Waals surface area contributed by atoms with Crippen molar-refractivity contribution >= 4 is 114 Å². The maximum absolute atomic E-state index is 12.8. The molecular formula is C31H32N8O20S6. The van der Waals surface area contributed by atoms with Crippen LogP contribution in [0.4, 0.5) is 45.5 Å². The largest absolute Gasteiger partial charge is 0.478 e. The molecule has 0 saturated heterocycles. The SMILES string of the molecule is Nc1c(N=Nc2ccc(S(=O)(=O)CCOS(=O)(=O)O)cc2)c(C(=O)O)c(N=Nc2ccc(SOOCCO)cc2S(=O)(=O)O)c(N)c1/N=N\c1ccc(S(=O)(=O)CCOS(=O)(=O)O)cc1. The molecule has 0 aliphatic heterocycles. The quantitative estimate of drug-likeness (QED) is 0.0104. The number of rotatable bonds is 23. The molecule has 0 aromatic heterocycles. The number of hydrogen-bond acceptors (Lipinski definition) is 25. The van der Waals surface area contributed by atoms with Crippen molar-refractivity contribution in [3.8, 4) is 0 Å². The van der Waals surface area contributed by atoms with Gasteiger partial charge in [-0.3, -0.25) is 13.7 Å². The zero-order chi connectivity index (χ0) is 48.4. The highest BCUT2D eigenvalue weighted by molar-refractivity contribution is 7.94. The minimum atomic E-state index is -5.07. The summed E-state index contributed by atoms with van der Waals surface area (Å²) in [6, 6.07) is 11.7. The number of benzene rings is 4. The molecule has 34 heteroatoms. The van der Waals surface area contributed by atoms with Gasteiger partial charge in [-0.2, -0.15) is 39.8 Å². The van der Waals surface area contributed by atoms with E-state index in [1.54, 1.807) is 0 Å². The van der Waals surface area contributed by atoms with Crippen LogP contribution >= 0.6 is 12.0 Å². The van der Waals surface area contributed by atoms with Crippen LogP contribution in [0, 0.1) is 0 Å². The highest BCUT2D eigenvalue weighted by Gasteiger charge is 2.28. The fourth-order valence-corrected chi connectivity index (χ4v) is 8.92. The van der Waals surface area contributed by atoms with Crippen LogP contribution in [0.1, 0.15) is 10.4 Å².